The van der Waals surface area contributed by atoms with Gasteiger partial charge in [0.15, 0.2) is 11.5 Å². The van der Waals surface area contributed by atoms with Gasteiger partial charge in [-0.25, -0.2) is 0 Å². The maximum absolute atomic E-state index is 13.8. The molecule has 2 N–H and O–H groups in total. The Morgan fingerprint density at radius 3 is 2.22 bits per heavy atom. The third kappa shape index (κ3) is 3.54. The molecule has 3 aliphatic rings. The SMILES string of the molecule is O=C(Nc1ccc2c(c1)OCO2)C1C(c2ccc(I)cc2)OC2(C(=O)c3ccccc3C2=O)C1C(=O)O. The molecule has 186 valence electrons. The number of fused-ring (bicyclic) bond motifs is 2. The molecule has 3 aromatic carbocycles. The van der Waals surface area contributed by atoms with Crippen molar-refractivity contribution in [2.24, 2.45) is 11.8 Å². The van der Waals surface area contributed by atoms with Crippen molar-refractivity contribution in [3.05, 3.63) is 87.0 Å². The molecule has 2 aliphatic heterocycles. The van der Waals surface area contributed by atoms with Crippen LogP contribution in [0.2, 0.25) is 0 Å². The van der Waals surface area contributed by atoms with Crippen LogP contribution in [-0.2, 0) is 14.3 Å². The Balaban J connectivity index is 1.46. The third-order valence-corrected chi connectivity index (χ3v) is 7.65. The topological polar surface area (TPSA) is 128 Å². The minimum Gasteiger partial charge on any atom is -0.481 e. The first-order valence-electron chi connectivity index (χ1n) is 11.4. The molecule has 0 saturated carbocycles. The molecule has 6 rings (SSSR count). The number of carboxylic acid groups (broad SMARTS) is 1. The summed E-state index contributed by atoms with van der Waals surface area (Å²) in [5.74, 6) is -5.91. The van der Waals surface area contributed by atoms with Gasteiger partial charge in [0.1, 0.15) is 5.92 Å². The number of carbonyl (C=O) groups excluding carboxylic acids is 3. The highest BCUT2D eigenvalue weighted by Crippen LogP contribution is 2.54. The first-order chi connectivity index (χ1) is 17.8. The summed E-state index contributed by atoms with van der Waals surface area (Å²) < 4.78 is 17.7. The summed E-state index contributed by atoms with van der Waals surface area (Å²) in [6.45, 7) is 0.0481. The maximum atomic E-state index is 13.8. The highest BCUT2D eigenvalue weighted by molar-refractivity contribution is 14.1. The molecule has 10 heteroatoms. The van der Waals surface area contributed by atoms with Crippen molar-refractivity contribution in [1.82, 2.24) is 0 Å². The van der Waals surface area contributed by atoms with E-state index in [9.17, 15) is 24.3 Å². The van der Waals surface area contributed by atoms with Gasteiger partial charge < -0.3 is 24.6 Å². The summed E-state index contributed by atoms with van der Waals surface area (Å²) in [6.07, 6.45) is -1.17. The Bertz CT molecular complexity index is 1450. The Kier molecular flexibility index (Phi) is 5.53. The number of benzene rings is 3. The van der Waals surface area contributed by atoms with Crippen molar-refractivity contribution in [2.75, 3.05) is 12.1 Å². The minimum absolute atomic E-state index is 0.0481. The van der Waals surface area contributed by atoms with Crippen LogP contribution in [0.15, 0.2) is 66.7 Å². The minimum atomic E-state index is -2.36. The zero-order valence-corrected chi connectivity index (χ0v) is 21.1. The Morgan fingerprint density at radius 1 is 0.919 bits per heavy atom. The zero-order chi connectivity index (χ0) is 25.9. The van der Waals surface area contributed by atoms with E-state index in [-0.39, 0.29) is 17.9 Å². The molecule has 1 spiro atoms. The van der Waals surface area contributed by atoms with Crippen LogP contribution in [-0.4, -0.2) is 40.9 Å². The molecule has 1 amide bonds. The first kappa shape index (κ1) is 23.6. The van der Waals surface area contributed by atoms with E-state index < -0.39 is 47.0 Å². The Hall–Kier alpha value is -3.77. The number of aliphatic carboxylic acids is 1. The molecule has 3 atom stereocenters. The van der Waals surface area contributed by atoms with E-state index in [4.69, 9.17) is 14.2 Å². The van der Waals surface area contributed by atoms with E-state index in [1.165, 1.54) is 12.1 Å². The number of hydrogen-bond donors (Lipinski definition) is 2. The summed E-state index contributed by atoms with van der Waals surface area (Å²) in [7, 11) is 0. The smallest absolute Gasteiger partial charge is 0.311 e. The number of ether oxygens (including phenoxy) is 3. The van der Waals surface area contributed by atoms with Crippen molar-refractivity contribution in [3.63, 3.8) is 0 Å². The lowest BCUT2D eigenvalue weighted by atomic mass is 9.75. The fourth-order valence-electron chi connectivity index (χ4n) is 5.29. The van der Waals surface area contributed by atoms with Gasteiger partial charge in [-0.3, -0.25) is 19.2 Å². The molecule has 0 aromatic heterocycles. The molecular formula is C27H18INO8. The van der Waals surface area contributed by atoms with Crippen LogP contribution < -0.4 is 14.8 Å². The summed E-state index contributed by atoms with van der Waals surface area (Å²) in [5.41, 5.74) is -1.38. The van der Waals surface area contributed by atoms with Gasteiger partial charge in [-0.05, 0) is 52.4 Å². The van der Waals surface area contributed by atoms with Gasteiger partial charge in [-0.1, -0.05) is 36.4 Å². The summed E-state index contributed by atoms with van der Waals surface area (Å²) >= 11 is 2.12. The van der Waals surface area contributed by atoms with Crippen molar-refractivity contribution in [3.8, 4) is 11.5 Å². The molecule has 9 nitrogen and oxygen atoms in total. The Morgan fingerprint density at radius 2 is 1.57 bits per heavy atom. The number of Topliss-reactive ketones (excluding diaryl/α,β-unsaturated/α-hetero) is 2. The van der Waals surface area contributed by atoms with Crippen LogP contribution >= 0.6 is 22.6 Å². The third-order valence-electron chi connectivity index (χ3n) is 6.93. The molecule has 2 heterocycles. The fourth-order valence-corrected chi connectivity index (χ4v) is 5.65. The molecular weight excluding hydrogens is 593 g/mol. The molecule has 1 saturated heterocycles. The predicted molar refractivity (Wildman–Crippen MR) is 137 cm³/mol. The van der Waals surface area contributed by atoms with Gasteiger partial charge in [0.2, 0.25) is 29.9 Å². The molecule has 37 heavy (non-hydrogen) atoms. The van der Waals surface area contributed by atoms with Gasteiger partial charge >= 0.3 is 5.97 Å². The van der Waals surface area contributed by atoms with Gasteiger partial charge in [-0.2, -0.15) is 0 Å². The van der Waals surface area contributed by atoms with Crippen molar-refractivity contribution < 1.29 is 38.5 Å². The second kappa shape index (κ2) is 8.67. The van der Waals surface area contributed by atoms with E-state index in [0.717, 1.165) is 3.57 Å². The number of anilines is 1. The highest BCUT2D eigenvalue weighted by atomic mass is 127. The number of hydrogen-bond acceptors (Lipinski definition) is 7. The van der Waals surface area contributed by atoms with Crippen LogP contribution in [0.4, 0.5) is 5.69 Å². The average Bonchev–Trinajstić information content (AvgIpc) is 3.56. The molecule has 1 aliphatic carbocycles. The highest BCUT2D eigenvalue weighted by Gasteiger charge is 2.71. The van der Waals surface area contributed by atoms with Crippen LogP contribution in [0.1, 0.15) is 32.4 Å². The second-order valence-corrected chi connectivity index (χ2v) is 10.2. The van der Waals surface area contributed by atoms with Crippen molar-refractivity contribution in [2.45, 2.75) is 11.7 Å². The molecule has 0 radical (unpaired) electrons. The predicted octanol–water partition coefficient (Wildman–Crippen LogP) is 3.86. The molecule has 1 fully saturated rings. The number of carboxylic acids is 1. The molecule has 0 bridgehead atoms. The summed E-state index contributed by atoms with van der Waals surface area (Å²) in [4.78, 5) is 53.8. The lowest BCUT2D eigenvalue weighted by Crippen LogP contribution is -2.52. The fraction of sp³-hybridized carbons (Fsp3) is 0.185. The normalized spacial score (nSPS) is 22.8. The second-order valence-electron chi connectivity index (χ2n) is 8.93. The standard InChI is InChI=1S/C27H18INO8/c28-14-7-5-13(6-8-14)22-20(25(32)29-15-9-10-18-19(11-15)36-12-35-18)21(26(33)34)27(37-22)23(30)16-3-1-2-4-17(16)24(27)31/h1-11,20-22H,12H2,(H,29,32)(H,33,34). The lowest BCUT2D eigenvalue weighted by Gasteiger charge is -2.25. The number of carbonyl (C=O) groups is 4. The summed E-state index contributed by atoms with van der Waals surface area (Å²) in [6, 6.07) is 17.8. The van der Waals surface area contributed by atoms with E-state index >= 15 is 0 Å². The number of ketones is 2. The van der Waals surface area contributed by atoms with Crippen LogP contribution in [0.25, 0.3) is 0 Å². The van der Waals surface area contributed by atoms with E-state index in [2.05, 4.69) is 27.9 Å². The summed E-state index contributed by atoms with van der Waals surface area (Å²) in [5, 5.41) is 13.1. The number of halogens is 1. The van der Waals surface area contributed by atoms with E-state index in [1.54, 1.807) is 54.6 Å². The monoisotopic (exact) mass is 611 g/mol. The maximum Gasteiger partial charge on any atom is 0.311 e. The lowest BCUT2D eigenvalue weighted by molar-refractivity contribution is -0.147. The zero-order valence-electron chi connectivity index (χ0n) is 19.0. The largest absolute Gasteiger partial charge is 0.481 e. The van der Waals surface area contributed by atoms with Crippen molar-refractivity contribution in [1.29, 1.82) is 0 Å². The number of nitrogens with one attached hydrogen (secondary N) is 1. The van der Waals surface area contributed by atoms with Gasteiger partial charge in [0, 0.05) is 26.5 Å². The number of rotatable bonds is 4. The van der Waals surface area contributed by atoms with Crippen LogP contribution in [0.5, 0.6) is 11.5 Å². The van der Waals surface area contributed by atoms with E-state index in [1.807, 2.05) is 0 Å². The quantitative estimate of drug-likeness (QED) is 0.337. The van der Waals surface area contributed by atoms with Gasteiger partial charge in [0.05, 0.1) is 12.0 Å². The molecule has 3 aromatic rings. The molecule has 3 unspecified atom stereocenters. The van der Waals surface area contributed by atoms with Crippen LogP contribution in [0, 0.1) is 15.4 Å². The first-order valence-corrected chi connectivity index (χ1v) is 12.4. The van der Waals surface area contributed by atoms with E-state index in [0.29, 0.717) is 22.7 Å². The van der Waals surface area contributed by atoms with Gasteiger partial charge in [-0.15, -0.1) is 0 Å². The van der Waals surface area contributed by atoms with Crippen molar-refractivity contribution >= 4 is 51.7 Å². The average molecular weight is 611 g/mol. The van der Waals surface area contributed by atoms with Crippen LogP contribution in [0.3, 0.4) is 0 Å². The Labute approximate surface area is 223 Å². The number of amides is 1. The van der Waals surface area contributed by atoms with Gasteiger partial charge in [0.25, 0.3) is 0 Å².